The third-order valence-corrected chi connectivity index (χ3v) is 5.51. The lowest BCUT2D eigenvalue weighted by Crippen LogP contribution is -2.11. The van der Waals surface area contributed by atoms with Gasteiger partial charge < -0.3 is 9.98 Å². The van der Waals surface area contributed by atoms with E-state index in [0.717, 1.165) is 30.0 Å². The van der Waals surface area contributed by atoms with E-state index in [1.807, 2.05) is 25.1 Å². The van der Waals surface area contributed by atoms with Gasteiger partial charge in [0.05, 0.1) is 5.52 Å². The van der Waals surface area contributed by atoms with E-state index in [0.29, 0.717) is 5.71 Å². The molecule has 3 heteroatoms. The molecular formula is C21H21ClN2. The smallest absolute Gasteiger partial charge is 0.0515 e. The van der Waals surface area contributed by atoms with Gasteiger partial charge in [-0.2, -0.15) is 0 Å². The molecule has 2 aromatic carbocycles. The standard InChI is InChI=1S/C21H21ClN2/c1-14(23)18(12-16-6-2-3-10-20(16)22)19-13-24-11-5-8-15-7-4-9-17(19)21(15)24/h2-4,6-7,9-10,13,18,23H,5,8,11-12H2,1H3. The van der Waals surface area contributed by atoms with Crippen LogP contribution in [0, 0.1) is 5.41 Å². The molecule has 0 saturated heterocycles. The first-order valence-corrected chi connectivity index (χ1v) is 8.92. The molecule has 0 aliphatic carbocycles. The van der Waals surface area contributed by atoms with Crippen LogP contribution in [0.3, 0.4) is 0 Å². The van der Waals surface area contributed by atoms with Crippen molar-refractivity contribution in [2.75, 3.05) is 0 Å². The minimum Gasteiger partial charge on any atom is -0.347 e. The summed E-state index contributed by atoms with van der Waals surface area (Å²) in [6, 6.07) is 14.6. The van der Waals surface area contributed by atoms with Gasteiger partial charge in [-0.25, -0.2) is 0 Å². The number of benzene rings is 2. The van der Waals surface area contributed by atoms with Crippen LogP contribution >= 0.6 is 11.6 Å². The van der Waals surface area contributed by atoms with Crippen LogP contribution in [0.25, 0.3) is 10.9 Å². The molecule has 1 aliphatic rings. The van der Waals surface area contributed by atoms with E-state index in [1.165, 1.54) is 28.5 Å². The molecule has 122 valence electrons. The molecule has 0 fully saturated rings. The molecule has 0 radical (unpaired) electrons. The Kier molecular flexibility index (Phi) is 3.93. The van der Waals surface area contributed by atoms with Crippen molar-refractivity contribution >= 4 is 28.2 Å². The fourth-order valence-corrected chi connectivity index (χ4v) is 4.15. The Bertz CT molecular complexity index is 923. The first-order chi connectivity index (χ1) is 11.6. The van der Waals surface area contributed by atoms with Crippen molar-refractivity contribution in [3.05, 3.63) is 70.4 Å². The highest BCUT2D eigenvalue weighted by molar-refractivity contribution is 6.31. The predicted octanol–water partition coefficient (Wildman–Crippen LogP) is 5.61. The van der Waals surface area contributed by atoms with Gasteiger partial charge in [-0.15, -0.1) is 0 Å². The van der Waals surface area contributed by atoms with E-state index in [1.54, 1.807) is 0 Å². The van der Waals surface area contributed by atoms with Gasteiger partial charge in [-0.1, -0.05) is 48.0 Å². The van der Waals surface area contributed by atoms with Gasteiger partial charge in [0.1, 0.15) is 0 Å². The Morgan fingerprint density at radius 2 is 2.04 bits per heavy atom. The molecule has 2 nitrogen and oxygen atoms in total. The van der Waals surface area contributed by atoms with Gasteiger partial charge in [-0.05, 0) is 48.9 Å². The van der Waals surface area contributed by atoms with E-state index >= 15 is 0 Å². The van der Waals surface area contributed by atoms with Gasteiger partial charge in [0, 0.05) is 34.8 Å². The number of aromatic nitrogens is 1. The monoisotopic (exact) mass is 336 g/mol. The molecule has 24 heavy (non-hydrogen) atoms. The first-order valence-electron chi connectivity index (χ1n) is 8.54. The zero-order valence-corrected chi connectivity index (χ0v) is 14.6. The summed E-state index contributed by atoms with van der Waals surface area (Å²) in [5.74, 6) is 0.0713. The Labute approximate surface area is 147 Å². The maximum absolute atomic E-state index is 8.37. The number of nitrogens with one attached hydrogen (secondary N) is 1. The Hall–Kier alpha value is -2.06. The molecule has 0 saturated carbocycles. The highest BCUT2D eigenvalue weighted by Crippen LogP contribution is 2.35. The quantitative estimate of drug-likeness (QED) is 0.600. The maximum atomic E-state index is 8.37. The molecule has 1 N–H and O–H groups in total. The summed E-state index contributed by atoms with van der Waals surface area (Å²) in [5.41, 5.74) is 5.87. The van der Waals surface area contributed by atoms with Crippen LogP contribution < -0.4 is 0 Å². The van der Waals surface area contributed by atoms with Crippen molar-refractivity contribution in [3.63, 3.8) is 0 Å². The van der Waals surface area contributed by atoms with Crippen molar-refractivity contribution in [1.82, 2.24) is 4.57 Å². The van der Waals surface area contributed by atoms with Crippen LogP contribution in [0.15, 0.2) is 48.7 Å². The van der Waals surface area contributed by atoms with Crippen molar-refractivity contribution in [1.29, 1.82) is 5.41 Å². The summed E-state index contributed by atoms with van der Waals surface area (Å²) in [6.07, 6.45) is 5.39. The van der Waals surface area contributed by atoms with Crippen molar-refractivity contribution in [3.8, 4) is 0 Å². The minimum atomic E-state index is 0.0713. The normalized spacial score (nSPS) is 14.8. The highest BCUT2D eigenvalue weighted by atomic mass is 35.5. The summed E-state index contributed by atoms with van der Waals surface area (Å²) in [5, 5.41) is 10.5. The lowest BCUT2D eigenvalue weighted by atomic mass is 9.88. The molecule has 0 bridgehead atoms. The molecule has 1 aromatic heterocycles. The summed E-state index contributed by atoms with van der Waals surface area (Å²) < 4.78 is 2.38. The summed E-state index contributed by atoms with van der Waals surface area (Å²) in [7, 11) is 0. The molecule has 4 rings (SSSR count). The fourth-order valence-electron chi connectivity index (χ4n) is 3.94. The molecule has 2 heterocycles. The van der Waals surface area contributed by atoms with E-state index in [-0.39, 0.29) is 5.92 Å². The molecule has 0 spiro atoms. The highest BCUT2D eigenvalue weighted by Gasteiger charge is 2.23. The maximum Gasteiger partial charge on any atom is 0.0515 e. The van der Waals surface area contributed by atoms with Crippen molar-refractivity contribution in [2.24, 2.45) is 0 Å². The largest absolute Gasteiger partial charge is 0.347 e. The van der Waals surface area contributed by atoms with E-state index < -0.39 is 0 Å². The third-order valence-electron chi connectivity index (χ3n) is 5.14. The van der Waals surface area contributed by atoms with Crippen molar-refractivity contribution < 1.29 is 0 Å². The van der Waals surface area contributed by atoms with Gasteiger partial charge in [0.15, 0.2) is 0 Å². The van der Waals surface area contributed by atoms with Crippen LogP contribution in [0.2, 0.25) is 5.02 Å². The minimum absolute atomic E-state index is 0.0713. The van der Waals surface area contributed by atoms with Crippen LogP contribution in [-0.2, 0) is 19.4 Å². The first kappa shape index (κ1) is 15.5. The summed E-state index contributed by atoms with van der Waals surface area (Å²) in [6.45, 7) is 2.98. The molecule has 1 aliphatic heterocycles. The number of rotatable bonds is 4. The molecule has 1 unspecified atom stereocenters. The summed E-state index contributed by atoms with van der Waals surface area (Å²) in [4.78, 5) is 0. The third kappa shape index (κ3) is 2.55. The topological polar surface area (TPSA) is 28.8 Å². The summed E-state index contributed by atoms with van der Waals surface area (Å²) >= 11 is 6.37. The predicted molar refractivity (Wildman–Crippen MR) is 102 cm³/mol. The zero-order valence-electron chi connectivity index (χ0n) is 13.8. The Morgan fingerprint density at radius 1 is 1.21 bits per heavy atom. The van der Waals surface area contributed by atoms with Crippen LogP contribution in [0.1, 0.15) is 36.0 Å². The van der Waals surface area contributed by atoms with Gasteiger partial charge in [0.2, 0.25) is 0 Å². The van der Waals surface area contributed by atoms with E-state index in [2.05, 4.69) is 35.0 Å². The second-order valence-corrected chi connectivity index (χ2v) is 7.13. The van der Waals surface area contributed by atoms with Gasteiger partial charge >= 0.3 is 0 Å². The van der Waals surface area contributed by atoms with Gasteiger partial charge in [-0.3, -0.25) is 0 Å². The van der Waals surface area contributed by atoms with Crippen LogP contribution in [0.5, 0.6) is 0 Å². The number of para-hydroxylation sites is 1. The van der Waals surface area contributed by atoms with Gasteiger partial charge in [0.25, 0.3) is 0 Å². The SMILES string of the molecule is CC(=N)C(Cc1ccccc1Cl)c1cn2c3c(cccc13)CCC2. The number of hydrogen-bond acceptors (Lipinski definition) is 1. The lowest BCUT2D eigenvalue weighted by molar-refractivity contribution is 0.633. The zero-order chi connectivity index (χ0) is 16.7. The lowest BCUT2D eigenvalue weighted by Gasteiger charge is -2.16. The molecule has 0 amide bonds. The van der Waals surface area contributed by atoms with E-state index in [9.17, 15) is 0 Å². The van der Waals surface area contributed by atoms with Crippen LogP contribution in [0.4, 0.5) is 0 Å². The average Bonchev–Trinajstić information content (AvgIpc) is 2.95. The van der Waals surface area contributed by atoms with Crippen LogP contribution in [-0.4, -0.2) is 10.3 Å². The van der Waals surface area contributed by atoms with E-state index in [4.69, 9.17) is 17.0 Å². The molecule has 1 atom stereocenters. The Balaban J connectivity index is 1.83. The second kappa shape index (κ2) is 6.10. The molecule has 3 aromatic rings. The van der Waals surface area contributed by atoms with Crippen molar-refractivity contribution in [2.45, 2.75) is 38.6 Å². The number of hydrogen-bond donors (Lipinski definition) is 1. The second-order valence-electron chi connectivity index (χ2n) is 6.73. The number of halogens is 1. The fraction of sp³-hybridized carbons (Fsp3) is 0.286. The average molecular weight is 337 g/mol. The Morgan fingerprint density at radius 3 is 2.83 bits per heavy atom. The molecular weight excluding hydrogens is 316 g/mol. The number of aryl methyl sites for hydroxylation is 2. The number of nitrogens with zero attached hydrogens (tertiary/aromatic N) is 1.